The third kappa shape index (κ3) is 5.17. The first-order valence-corrected chi connectivity index (χ1v) is 7.50. The van der Waals surface area contributed by atoms with Gasteiger partial charge in [0.1, 0.15) is 0 Å². The lowest BCUT2D eigenvalue weighted by Gasteiger charge is -2.08. The fraction of sp³-hybridized carbons (Fsp3) is 0.200. The minimum absolute atomic E-state index is 0.0317. The van der Waals surface area contributed by atoms with E-state index in [4.69, 9.17) is 4.74 Å². The molecule has 0 unspecified atom stereocenters. The molecule has 0 bridgehead atoms. The van der Waals surface area contributed by atoms with Gasteiger partial charge in [0.05, 0.1) is 0 Å². The van der Waals surface area contributed by atoms with Crippen molar-refractivity contribution in [1.29, 1.82) is 0 Å². The molecule has 1 aromatic heterocycles. The minimum atomic E-state index is -0.642. The highest BCUT2D eigenvalue weighted by atomic mass is 32.1. The third-order valence-corrected chi connectivity index (χ3v) is 3.62. The molecule has 0 aliphatic rings. The van der Waals surface area contributed by atoms with Crippen LogP contribution in [0.1, 0.15) is 4.88 Å². The van der Waals surface area contributed by atoms with Gasteiger partial charge >= 0.3 is 6.03 Å². The molecular weight excluding hydrogens is 307 g/mol. The van der Waals surface area contributed by atoms with Crippen molar-refractivity contribution >= 4 is 23.3 Å². The molecule has 0 aliphatic heterocycles. The summed E-state index contributed by atoms with van der Waals surface area (Å²) in [6.45, 7) is -0.00687. The maximum atomic E-state index is 13.3. The van der Waals surface area contributed by atoms with Crippen LogP contribution in [0.3, 0.4) is 0 Å². The Balaban J connectivity index is 1.66. The Kier molecular flexibility index (Phi) is 5.91. The molecule has 0 saturated heterocycles. The van der Waals surface area contributed by atoms with Crippen molar-refractivity contribution in [3.8, 4) is 5.75 Å². The van der Waals surface area contributed by atoms with Crippen LogP contribution in [-0.2, 0) is 11.2 Å². The summed E-state index contributed by atoms with van der Waals surface area (Å²) in [5, 5.41) is 6.64. The van der Waals surface area contributed by atoms with E-state index in [1.807, 2.05) is 17.5 Å². The van der Waals surface area contributed by atoms with E-state index in [0.717, 1.165) is 4.88 Å². The molecule has 0 fully saturated rings. The van der Waals surface area contributed by atoms with E-state index in [0.29, 0.717) is 13.0 Å². The van der Waals surface area contributed by atoms with E-state index in [9.17, 15) is 14.0 Å². The van der Waals surface area contributed by atoms with Crippen molar-refractivity contribution in [3.05, 3.63) is 52.5 Å². The number of carbonyl (C=O) groups excluding carboxylic acids is 2. The highest BCUT2D eigenvalue weighted by Gasteiger charge is 2.09. The predicted molar refractivity (Wildman–Crippen MR) is 81.5 cm³/mol. The fourth-order valence-corrected chi connectivity index (χ4v) is 2.38. The van der Waals surface area contributed by atoms with Crippen molar-refractivity contribution in [3.63, 3.8) is 0 Å². The van der Waals surface area contributed by atoms with Crippen LogP contribution >= 0.6 is 11.3 Å². The molecule has 0 atom stereocenters. The number of imide groups is 1. The highest BCUT2D eigenvalue weighted by molar-refractivity contribution is 7.09. The van der Waals surface area contributed by atoms with E-state index >= 15 is 0 Å². The van der Waals surface area contributed by atoms with E-state index < -0.39 is 24.4 Å². The molecule has 1 aromatic carbocycles. The molecule has 0 saturated carbocycles. The highest BCUT2D eigenvalue weighted by Crippen LogP contribution is 2.14. The number of para-hydroxylation sites is 1. The quantitative estimate of drug-likeness (QED) is 0.858. The first kappa shape index (κ1) is 16.0. The number of rotatable bonds is 6. The average Bonchev–Trinajstić information content (AvgIpc) is 2.99. The van der Waals surface area contributed by atoms with Gasteiger partial charge in [-0.25, -0.2) is 9.18 Å². The molecule has 116 valence electrons. The van der Waals surface area contributed by atoms with Gasteiger partial charge < -0.3 is 10.1 Å². The first-order valence-electron chi connectivity index (χ1n) is 6.62. The van der Waals surface area contributed by atoms with Crippen molar-refractivity contribution in [2.75, 3.05) is 13.2 Å². The number of ether oxygens (including phenoxy) is 1. The molecule has 3 amide bonds. The van der Waals surface area contributed by atoms with Gasteiger partial charge in [0.15, 0.2) is 18.2 Å². The number of hydrogen-bond acceptors (Lipinski definition) is 4. The van der Waals surface area contributed by atoms with Gasteiger partial charge in [-0.05, 0) is 30.0 Å². The number of carbonyl (C=O) groups is 2. The van der Waals surface area contributed by atoms with Crippen LogP contribution in [0.5, 0.6) is 5.75 Å². The Morgan fingerprint density at radius 3 is 2.73 bits per heavy atom. The van der Waals surface area contributed by atoms with Crippen molar-refractivity contribution in [2.45, 2.75) is 6.42 Å². The lowest BCUT2D eigenvalue weighted by Crippen LogP contribution is -2.42. The van der Waals surface area contributed by atoms with Crippen molar-refractivity contribution in [1.82, 2.24) is 10.6 Å². The normalized spacial score (nSPS) is 10.0. The second-order valence-corrected chi connectivity index (χ2v) is 5.38. The zero-order chi connectivity index (χ0) is 15.8. The van der Waals surface area contributed by atoms with Crippen LogP contribution in [0.4, 0.5) is 9.18 Å². The molecule has 7 heteroatoms. The molecule has 0 aliphatic carbocycles. The number of benzene rings is 1. The minimum Gasteiger partial charge on any atom is -0.481 e. The Hall–Kier alpha value is -2.41. The summed E-state index contributed by atoms with van der Waals surface area (Å²) < 4.78 is 18.3. The van der Waals surface area contributed by atoms with Gasteiger partial charge in [0, 0.05) is 11.4 Å². The zero-order valence-corrected chi connectivity index (χ0v) is 12.5. The van der Waals surface area contributed by atoms with Crippen LogP contribution in [0.15, 0.2) is 41.8 Å². The van der Waals surface area contributed by atoms with Gasteiger partial charge in [-0.2, -0.15) is 0 Å². The molecule has 2 rings (SSSR count). The maximum absolute atomic E-state index is 13.3. The summed E-state index contributed by atoms with van der Waals surface area (Å²) in [6.07, 6.45) is 0.699. The number of amides is 3. The summed E-state index contributed by atoms with van der Waals surface area (Å²) in [4.78, 5) is 24.2. The van der Waals surface area contributed by atoms with Crippen molar-refractivity contribution in [2.24, 2.45) is 0 Å². The zero-order valence-electron chi connectivity index (χ0n) is 11.7. The van der Waals surface area contributed by atoms with Crippen LogP contribution in [0.25, 0.3) is 0 Å². The van der Waals surface area contributed by atoms with E-state index in [2.05, 4.69) is 10.6 Å². The smallest absolute Gasteiger partial charge is 0.321 e. The van der Waals surface area contributed by atoms with Crippen LogP contribution < -0.4 is 15.4 Å². The van der Waals surface area contributed by atoms with Gasteiger partial charge in [-0.1, -0.05) is 18.2 Å². The third-order valence-electron chi connectivity index (χ3n) is 2.69. The largest absolute Gasteiger partial charge is 0.481 e. The van der Waals surface area contributed by atoms with Crippen molar-refractivity contribution < 1.29 is 18.7 Å². The second-order valence-electron chi connectivity index (χ2n) is 4.35. The number of thiophene rings is 1. The Morgan fingerprint density at radius 1 is 1.18 bits per heavy atom. The van der Waals surface area contributed by atoms with E-state index in [1.165, 1.54) is 18.2 Å². The van der Waals surface area contributed by atoms with E-state index in [1.54, 1.807) is 17.4 Å². The van der Waals surface area contributed by atoms with E-state index in [-0.39, 0.29) is 5.75 Å². The topological polar surface area (TPSA) is 67.4 Å². The van der Waals surface area contributed by atoms with Crippen LogP contribution in [0.2, 0.25) is 0 Å². The first-order chi connectivity index (χ1) is 10.6. The monoisotopic (exact) mass is 322 g/mol. The molecule has 2 N–H and O–H groups in total. The van der Waals surface area contributed by atoms with Gasteiger partial charge in [0.25, 0.3) is 5.91 Å². The summed E-state index contributed by atoms with van der Waals surface area (Å²) in [5.41, 5.74) is 0. The van der Waals surface area contributed by atoms with Crippen LogP contribution in [-0.4, -0.2) is 25.1 Å². The standard InChI is InChI=1S/C15H15FN2O3S/c16-12-5-1-2-6-13(12)21-10-14(19)18-15(20)17-8-7-11-4-3-9-22-11/h1-6,9H,7-8,10H2,(H2,17,18,19,20). The fourth-order valence-electron chi connectivity index (χ4n) is 1.67. The summed E-state index contributed by atoms with van der Waals surface area (Å²) >= 11 is 1.60. The summed E-state index contributed by atoms with van der Waals surface area (Å²) in [7, 11) is 0. The summed E-state index contributed by atoms with van der Waals surface area (Å²) in [6, 6.07) is 9.05. The molecule has 0 spiro atoms. The Bertz CT molecular complexity index is 631. The molecule has 22 heavy (non-hydrogen) atoms. The number of nitrogens with one attached hydrogen (secondary N) is 2. The molecule has 5 nitrogen and oxygen atoms in total. The number of halogens is 1. The average molecular weight is 322 g/mol. The Morgan fingerprint density at radius 2 is 2.00 bits per heavy atom. The van der Waals surface area contributed by atoms with Gasteiger partial charge in [-0.3, -0.25) is 10.1 Å². The molecule has 0 radical (unpaired) electrons. The molecule has 1 heterocycles. The molecular formula is C15H15FN2O3S. The number of urea groups is 1. The van der Waals surface area contributed by atoms with Crippen LogP contribution in [0, 0.1) is 5.82 Å². The second kappa shape index (κ2) is 8.14. The predicted octanol–water partition coefficient (Wildman–Crippen LogP) is 2.33. The maximum Gasteiger partial charge on any atom is 0.321 e. The SMILES string of the molecule is O=C(COc1ccccc1F)NC(=O)NCCc1cccs1. The number of hydrogen-bond donors (Lipinski definition) is 2. The molecule has 2 aromatic rings. The lowest BCUT2D eigenvalue weighted by molar-refractivity contribution is -0.122. The Labute approximate surface area is 131 Å². The lowest BCUT2D eigenvalue weighted by atomic mass is 10.3. The summed E-state index contributed by atoms with van der Waals surface area (Å²) in [5.74, 6) is -1.23. The van der Waals surface area contributed by atoms with Gasteiger partial charge in [-0.15, -0.1) is 11.3 Å². The van der Waals surface area contributed by atoms with Gasteiger partial charge in [0.2, 0.25) is 0 Å².